The van der Waals surface area contributed by atoms with Gasteiger partial charge in [-0.25, -0.2) is 13.6 Å². The summed E-state index contributed by atoms with van der Waals surface area (Å²) < 4.78 is 28.3. The lowest BCUT2D eigenvalue weighted by Crippen LogP contribution is -2.41. The van der Waals surface area contributed by atoms with Gasteiger partial charge in [-0.05, 0) is 90.1 Å². The van der Waals surface area contributed by atoms with Gasteiger partial charge in [0.1, 0.15) is 17.7 Å². The predicted octanol–water partition coefficient (Wildman–Crippen LogP) is 6.95. The van der Waals surface area contributed by atoms with Crippen LogP contribution in [0.4, 0.5) is 14.5 Å². The van der Waals surface area contributed by atoms with Gasteiger partial charge >= 0.3 is 5.97 Å². The number of halogens is 2. The number of carboxylic acid groups (broad SMARTS) is 1. The van der Waals surface area contributed by atoms with Crippen molar-refractivity contribution in [3.63, 3.8) is 0 Å². The minimum Gasteiger partial charge on any atom is -0.480 e. The van der Waals surface area contributed by atoms with Crippen molar-refractivity contribution in [1.82, 2.24) is 5.32 Å². The molecule has 0 saturated heterocycles. The summed E-state index contributed by atoms with van der Waals surface area (Å²) in [4.78, 5) is 27.2. The number of nitrogens with one attached hydrogen (secondary N) is 1. The van der Waals surface area contributed by atoms with Gasteiger partial charge in [-0.3, -0.25) is 4.79 Å². The summed E-state index contributed by atoms with van der Waals surface area (Å²) in [7, 11) is 0. The molecule has 0 aliphatic heterocycles. The number of nitrogens with zero attached hydrogens (tertiary/aromatic N) is 2. The molecule has 220 valence electrons. The Morgan fingerprint density at radius 1 is 0.977 bits per heavy atom. The van der Waals surface area contributed by atoms with E-state index in [0.717, 1.165) is 28.4 Å². The van der Waals surface area contributed by atoms with Crippen LogP contribution in [-0.2, 0) is 17.9 Å². The van der Waals surface area contributed by atoms with Crippen LogP contribution in [0.1, 0.15) is 39.0 Å². The summed E-state index contributed by atoms with van der Waals surface area (Å²) in [6.45, 7) is 2.35. The number of carboxylic acids is 1. The molecule has 4 aromatic carbocycles. The molecule has 1 amide bonds. The zero-order valence-electron chi connectivity index (χ0n) is 23.8. The van der Waals surface area contributed by atoms with Gasteiger partial charge in [-0.1, -0.05) is 36.4 Å². The highest BCUT2D eigenvalue weighted by atomic mass is 32.2. The normalized spacial score (nSPS) is 11.4. The van der Waals surface area contributed by atoms with Crippen molar-refractivity contribution in [3.05, 3.63) is 124 Å². The maximum Gasteiger partial charge on any atom is 0.326 e. The molecule has 43 heavy (non-hydrogen) atoms. The van der Waals surface area contributed by atoms with Crippen LogP contribution in [-0.4, -0.2) is 35.0 Å². The van der Waals surface area contributed by atoms with Gasteiger partial charge < -0.3 is 15.3 Å². The third-order valence-electron chi connectivity index (χ3n) is 7.09. The van der Waals surface area contributed by atoms with E-state index in [1.54, 1.807) is 36.4 Å². The molecule has 1 atom stereocenters. The van der Waals surface area contributed by atoms with Crippen LogP contribution < -0.4 is 10.2 Å². The third-order valence-corrected chi connectivity index (χ3v) is 7.73. The monoisotopic (exact) mass is 599 g/mol. The lowest BCUT2D eigenvalue weighted by atomic mass is 9.93. The largest absolute Gasteiger partial charge is 0.480 e. The molecule has 4 rings (SSSR count). The van der Waals surface area contributed by atoms with Gasteiger partial charge in [0.05, 0.1) is 11.6 Å². The van der Waals surface area contributed by atoms with Gasteiger partial charge in [-0.2, -0.15) is 17.0 Å². The Morgan fingerprint density at radius 2 is 1.72 bits per heavy atom. The van der Waals surface area contributed by atoms with Crippen LogP contribution >= 0.6 is 11.8 Å². The van der Waals surface area contributed by atoms with Crippen molar-refractivity contribution in [2.75, 3.05) is 16.9 Å². The second-order valence-corrected chi connectivity index (χ2v) is 11.1. The molecule has 0 aliphatic carbocycles. The van der Waals surface area contributed by atoms with Crippen molar-refractivity contribution in [1.29, 1.82) is 5.26 Å². The van der Waals surface area contributed by atoms with E-state index in [2.05, 4.69) is 11.4 Å². The maximum absolute atomic E-state index is 14.7. The lowest BCUT2D eigenvalue weighted by Gasteiger charge is -2.26. The average molecular weight is 600 g/mol. The van der Waals surface area contributed by atoms with E-state index in [1.165, 1.54) is 23.9 Å². The van der Waals surface area contributed by atoms with Gasteiger partial charge in [0.25, 0.3) is 5.91 Å². The molecule has 0 heterocycles. The fourth-order valence-corrected chi connectivity index (χ4v) is 5.25. The quantitative estimate of drug-likeness (QED) is 0.183. The number of anilines is 1. The molecule has 0 spiro atoms. The van der Waals surface area contributed by atoms with Crippen molar-refractivity contribution in [3.8, 4) is 17.2 Å². The molecule has 9 heteroatoms. The van der Waals surface area contributed by atoms with E-state index in [4.69, 9.17) is 0 Å². The number of hydrogen-bond acceptors (Lipinski definition) is 5. The predicted molar refractivity (Wildman–Crippen MR) is 166 cm³/mol. The van der Waals surface area contributed by atoms with E-state index in [9.17, 15) is 28.7 Å². The number of carbonyl (C=O) groups is 2. The Kier molecular flexibility index (Phi) is 10.5. The summed E-state index contributed by atoms with van der Waals surface area (Å²) >= 11 is 1.50. The highest BCUT2D eigenvalue weighted by Gasteiger charge is 2.23. The Morgan fingerprint density at radius 3 is 2.37 bits per heavy atom. The van der Waals surface area contributed by atoms with Crippen LogP contribution in [0.15, 0.2) is 84.9 Å². The Balaban J connectivity index is 1.74. The van der Waals surface area contributed by atoms with Crippen molar-refractivity contribution in [2.45, 2.75) is 32.5 Å². The number of aryl methyl sites for hydroxylation is 1. The maximum atomic E-state index is 14.7. The number of thioether (sulfide) groups is 1. The van der Waals surface area contributed by atoms with Gasteiger partial charge in [0, 0.05) is 36.0 Å². The number of amides is 1. The summed E-state index contributed by atoms with van der Waals surface area (Å²) in [6, 6.07) is 24.4. The van der Waals surface area contributed by atoms with E-state index >= 15 is 0 Å². The zero-order valence-corrected chi connectivity index (χ0v) is 24.6. The van der Waals surface area contributed by atoms with Gasteiger partial charge in [-0.15, -0.1) is 0 Å². The molecule has 0 aromatic heterocycles. The second-order valence-electron chi connectivity index (χ2n) is 10.1. The molecular formula is C34H31F2N3O3S. The summed E-state index contributed by atoms with van der Waals surface area (Å²) in [5, 5.41) is 21.6. The molecule has 4 aromatic rings. The second kappa shape index (κ2) is 14.5. The van der Waals surface area contributed by atoms with Crippen LogP contribution in [0.25, 0.3) is 11.1 Å². The minimum atomic E-state index is -1.09. The Hall–Kier alpha value is -4.68. The van der Waals surface area contributed by atoms with E-state index in [1.807, 2.05) is 48.4 Å². The topological polar surface area (TPSA) is 93.4 Å². The molecule has 2 N–H and O–H groups in total. The number of benzene rings is 4. The molecule has 0 saturated carbocycles. The van der Waals surface area contributed by atoms with E-state index in [0.29, 0.717) is 41.0 Å². The highest BCUT2D eigenvalue weighted by Crippen LogP contribution is 2.30. The molecule has 0 fully saturated rings. The standard InChI is InChI=1S/C34H31F2N3O3S/c1-22-5-3-4-6-28(22)30-17-24(9-14-29(30)33(40)38-32(34(41)42)15-16-43-2)20-39(27-12-7-23(19-37)8-13-27)21-25-10-11-26(35)18-31(25)36/h3-14,17-18,32H,15-16,20-21H2,1-2H3,(H,38,40)(H,41,42)/t32-/m0/s1. The Bertz CT molecular complexity index is 1650. The lowest BCUT2D eigenvalue weighted by molar-refractivity contribution is -0.139. The van der Waals surface area contributed by atoms with Gasteiger partial charge in [0.15, 0.2) is 0 Å². The molecule has 0 radical (unpaired) electrons. The van der Waals surface area contributed by atoms with Crippen molar-refractivity contribution >= 4 is 29.3 Å². The van der Waals surface area contributed by atoms with Crippen molar-refractivity contribution in [2.24, 2.45) is 0 Å². The first-order valence-electron chi connectivity index (χ1n) is 13.6. The number of carbonyl (C=O) groups excluding carboxylic acids is 1. The van der Waals surface area contributed by atoms with Crippen LogP contribution in [0, 0.1) is 29.9 Å². The van der Waals surface area contributed by atoms with Crippen LogP contribution in [0.5, 0.6) is 0 Å². The summed E-state index contributed by atoms with van der Waals surface area (Å²) in [5.74, 6) is -2.33. The minimum absolute atomic E-state index is 0.121. The average Bonchev–Trinajstić information content (AvgIpc) is 3.00. The number of hydrogen-bond donors (Lipinski definition) is 2. The molecule has 0 aliphatic rings. The van der Waals surface area contributed by atoms with Gasteiger partial charge in [0.2, 0.25) is 0 Å². The molecule has 0 unspecified atom stereocenters. The SMILES string of the molecule is CSCC[C@H](NC(=O)c1ccc(CN(Cc2ccc(F)cc2F)c2ccc(C#N)cc2)cc1-c1ccccc1C)C(=O)O. The molecular weight excluding hydrogens is 568 g/mol. The summed E-state index contributed by atoms with van der Waals surface area (Å²) in [5.41, 5.74) is 5.02. The molecule has 0 bridgehead atoms. The number of rotatable bonds is 12. The van der Waals surface area contributed by atoms with Crippen LogP contribution in [0.2, 0.25) is 0 Å². The third kappa shape index (κ3) is 7.99. The molecule has 6 nitrogen and oxygen atoms in total. The van der Waals surface area contributed by atoms with E-state index in [-0.39, 0.29) is 6.54 Å². The fraction of sp³-hybridized carbons (Fsp3) is 0.206. The number of nitriles is 1. The Labute approximate surface area is 254 Å². The fourth-order valence-electron chi connectivity index (χ4n) is 4.78. The first-order valence-corrected chi connectivity index (χ1v) is 15.0. The first kappa shape index (κ1) is 31.3. The zero-order chi connectivity index (χ0) is 30.9. The first-order chi connectivity index (χ1) is 20.7. The highest BCUT2D eigenvalue weighted by molar-refractivity contribution is 7.98. The van der Waals surface area contributed by atoms with Crippen molar-refractivity contribution < 1.29 is 23.5 Å². The summed E-state index contributed by atoms with van der Waals surface area (Å²) in [6.07, 6.45) is 2.17. The number of aliphatic carboxylic acids is 1. The van der Waals surface area contributed by atoms with E-state index < -0.39 is 29.6 Å². The smallest absolute Gasteiger partial charge is 0.326 e. The van der Waals surface area contributed by atoms with Crippen LogP contribution in [0.3, 0.4) is 0 Å².